The van der Waals surface area contributed by atoms with E-state index in [0.717, 1.165) is 5.56 Å². The molecule has 0 fully saturated rings. The second kappa shape index (κ2) is 4.99. The molecule has 1 rings (SSSR count). The summed E-state index contributed by atoms with van der Waals surface area (Å²) in [7, 11) is 0. The Bertz CT molecular complexity index is 422. The lowest BCUT2D eigenvalue weighted by molar-refractivity contribution is 0.0595. The maximum absolute atomic E-state index is 11.9. The van der Waals surface area contributed by atoms with E-state index in [1.54, 1.807) is 6.20 Å². The lowest BCUT2D eigenvalue weighted by Gasteiger charge is -2.25. The number of ether oxygens (including phenoxy) is 1. The van der Waals surface area contributed by atoms with Crippen LogP contribution in [-0.4, -0.2) is 16.7 Å². The van der Waals surface area contributed by atoms with Crippen molar-refractivity contribution in [2.24, 2.45) is 0 Å². The Morgan fingerprint density at radius 3 is 2.65 bits per heavy atom. The van der Waals surface area contributed by atoms with Crippen molar-refractivity contribution < 1.29 is 9.53 Å². The highest BCUT2D eigenvalue weighted by molar-refractivity contribution is 5.89. The molecule has 92 valence electrons. The highest BCUT2D eigenvalue weighted by Gasteiger charge is 2.23. The van der Waals surface area contributed by atoms with Gasteiger partial charge in [-0.2, -0.15) is 0 Å². The summed E-state index contributed by atoms with van der Waals surface area (Å²) in [5, 5.41) is 0. The SMILES string of the molecule is C=CN(C(=O)OC(C)(C)C)c1ncccc1C. The van der Waals surface area contributed by atoms with Gasteiger partial charge < -0.3 is 4.74 Å². The van der Waals surface area contributed by atoms with Crippen LogP contribution in [0.1, 0.15) is 26.3 Å². The molecule has 0 N–H and O–H groups in total. The molecule has 1 amide bonds. The van der Waals surface area contributed by atoms with Crippen molar-refractivity contribution in [2.75, 3.05) is 4.90 Å². The molecule has 0 atom stereocenters. The van der Waals surface area contributed by atoms with Gasteiger partial charge in [0.1, 0.15) is 11.4 Å². The maximum Gasteiger partial charge on any atom is 0.420 e. The van der Waals surface area contributed by atoms with Gasteiger partial charge in [-0.05, 0) is 39.3 Å². The monoisotopic (exact) mass is 234 g/mol. The second-order valence-corrected chi connectivity index (χ2v) is 4.68. The number of amides is 1. The predicted octanol–water partition coefficient (Wildman–Crippen LogP) is 3.28. The molecule has 1 heterocycles. The smallest absolute Gasteiger partial charge is 0.420 e. The molecule has 0 aliphatic carbocycles. The average molecular weight is 234 g/mol. The van der Waals surface area contributed by atoms with Gasteiger partial charge in [-0.15, -0.1) is 0 Å². The number of hydrogen-bond acceptors (Lipinski definition) is 3. The van der Waals surface area contributed by atoms with E-state index in [1.165, 1.54) is 11.1 Å². The van der Waals surface area contributed by atoms with E-state index >= 15 is 0 Å². The maximum atomic E-state index is 11.9. The van der Waals surface area contributed by atoms with Gasteiger partial charge in [0, 0.05) is 12.4 Å². The van der Waals surface area contributed by atoms with Crippen molar-refractivity contribution in [2.45, 2.75) is 33.3 Å². The molecule has 4 nitrogen and oxygen atoms in total. The van der Waals surface area contributed by atoms with Gasteiger partial charge in [0.25, 0.3) is 0 Å². The Labute approximate surface area is 102 Å². The van der Waals surface area contributed by atoms with Crippen molar-refractivity contribution in [1.29, 1.82) is 0 Å². The highest BCUT2D eigenvalue weighted by atomic mass is 16.6. The fourth-order valence-corrected chi connectivity index (χ4v) is 1.29. The van der Waals surface area contributed by atoms with Crippen LogP contribution in [0.2, 0.25) is 0 Å². The molecular weight excluding hydrogens is 216 g/mol. The molecular formula is C13H18N2O2. The minimum absolute atomic E-state index is 0.477. The zero-order valence-corrected chi connectivity index (χ0v) is 10.7. The van der Waals surface area contributed by atoms with Gasteiger partial charge in [-0.1, -0.05) is 12.6 Å². The lowest BCUT2D eigenvalue weighted by atomic mass is 10.2. The number of pyridine rings is 1. The molecule has 1 aromatic rings. The molecule has 0 aliphatic rings. The van der Waals surface area contributed by atoms with E-state index < -0.39 is 11.7 Å². The Hall–Kier alpha value is -1.84. The van der Waals surface area contributed by atoms with Crippen LogP contribution in [0.5, 0.6) is 0 Å². The fraction of sp³-hybridized carbons (Fsp3) is 0.385. The summed E-state index contributed by atoms with van der Waals surface area (Å²) in [6.07, 6.45) is 2.56. The van der Waals surface area contributed by atoms with Crippen molar-refractivity contribution in [3.8, 4) is 0 Å². The molecule has 0 aromatic carbocycles. The van der Waals surface area contributed by atoms with Gasteiger partial charge in [0.2, 0.25) is 0 Å². The summed E-state index contributed by atoms with van der Waals surface area (Å²) >= 11 is 0. The van der Waals surface area contributed by atoms with Crippen LogP contribution in [0.25, 0.3) is 0 Å². The number of carbonyl (C=O) groups excluding carboxylic acids is 1. The minimum atomic E-state index is -0.541. The van der Waals surface area contributed by atoms with Gasteiger partial charge in [-0.3, -0.25) is 0 Å². The van der Waals surface area contributed by atoms with E-state index in [0.29, 0.717) is 5.82 Å². The average Bonchev–Trinajstić information content (AvgIpc) is 2.19. The van der Waals surface area contributed by atoms with Crippen LogP contribution in [0.15, 0.2) is 31.1 Å². The lowest BCUT2D eigenvalue weighted by Crippen LogP contribution is -2.34. The zero-order valence-electron chi connectivity index (χ0n) is 10.7. The first-order valence-corrected chi connectivity index (χ1v) is 5.41. The van der Waals surface area contributed by atoms with Gasteiger partial charge in [-0.25, -0.2) is 14.7 Å². The number of hydrogen-bond donors (Lipinski definition) is 0. The van der Waals surface area contributed by atoms with Crippen LogP contribution in [-0.2, 0) is 4.74 Å². The van der Waals surface area contributed by atoms with Gasteiger partial charge in [0.15, 0.2) is 0 Å². The molecule has 0 saturated carbocycles. The summed E-state index contributed by atoms with van der Waals surface area (Å²) in [5.41, 5.74) is 0.347. The Morgan fingerprint density at radius 1 is 1.53 bits per heavy atom. The Balaban J connectivity index is 2.97. The molecule has 0 saturated heterocycles. The third kappa shape index (κ3) is 3.59. The number of carbonyl (C=O) groups is 1. The summed E-state index contributed by atoms with van der Waals surface area (Å²) in [5.74, 6) is 0.539. The van der Waals surface area contributed by atoms with Crippen molar-refractivity contribution in [3.05, 3.63) is 36.7 Å². The topological polar surface area (TPSA) is 42.4 Å². The van der Waals surface area contributed by atoms with Crippen LogP contribution in [0.3, 0.4) is 0 Å². The third-order valence-electron chi connectivity index (χ3n) is 1.98. The molecule has 0 radical (unpaired) electrons. The molecule has 0 bridgehead atoms. The quantitative estimate of drug-likeness (QED) is 0.788. The number of aryl methyl sites for hydroxylation is 1. The largest absolute Gasteiger partial charge is 0.443 e. The second-order valence-electron chi connectivity index (χ2n) is 4.68. The van der Waals surface area contributed by atoms with Crippen molar-refractivity contribution in [1.82, 2.24) is 4.98 Å². The molecule has 0 spiro atoms. The first-order valence-electron chi connectivity index (χ1n) is 5.41. The van der Waals surface area contributed by atoms with Crippen LogP contribution < -0.4 is 4.90 Å². The van der Waals surface area contributed by atoms with E-state index in [-0.39, 0.29) is 0 Å². The molecule has 4 heteroatoms. The van der Waals surface area contributed by atoms with Crippen molar-refractivity contribution >= 4 is 11.9 Å². The summed E-state index contributed by atoms with van der Waals surface area (Å²) in [4.78, 5) is 17.4. The predicted molar refractivity (Wildman–Crippen MR) is 67.9 cm³/mol. The zero-order chi connectivity index (χ0) is 13.1. The van der Waals surface area contributed by atoms with Crippen LogP contribution >= 0.6 is 0 Å². The van der Waals surface area contributed by atoms with Crippen LogP contribution in [0, 0.1) is 6.92 Å². The van der Waals surface area contributed by atoms with Gasteiger partial charge in [0.05, 0.1) is 0 Å². The fourth-order valence-electron chi connectivity index (χ4n) is 1.29. The summed E-state index contributed by atoms with van der Waals surface area (Å²) in [6.45, 7) is 10.9. The minimum Gasteiger partial charge on any atom is -0.443 e. The molecule has 0 aliphatic heterocycles. The highest BCUT2D eigenvalue weighted by Crippen LogP contribution is 2.19. The summed E-state index contributed by atoms with van der Waals surface area (Å²) in [6, 6.07) is 3.69. The molecule has 0 unspecified atom stereocenters. The first kappa shape index (κ1) is 13.2. The van der Waals surface area contributed by atoms with E-state index in [1.807, 2.05) is 39.8 Å². The normalized spacial score (nSPS) is 10.8. The van der Waals surface area contributed by atoms with Crippen LogP contribution in [0.4, 0.5) is 10.6 Å². The number of rotatable bonds is 2. The Morgan fingerprint density at radius 2 is 2.18 bits per heavy atom. The summed E-state index contributed by atoms with van der Waals surface area (Å²) < 4.78 is 5.28. The number of aromatic nitrogens is 1. The first-order chi connectivity index (χ1) is 7.85. The Kier molecular flexibility index (Phi) is 3.89. The molecule has 17 heavy (non-hydrogen) atoms. The van der Waals surface area contributed by atoms with E-state index in [2.05, 4.69) is 11.6 Å². The van der Waals surface area contributed by atoms with E-state index in [4.69, 9.17) is 4.74 Å². The third-order valence-corrected chi connectivity index (χ3v) is 1.98. The standard InChI is InChI=1S/C13H18N2O2/c1-6-15(12(16)17-13(3,4)5)11-10(2)8-7-9-14-11/h6-9H,1H2,2-5H3. The number of nitrogens with zero attached hydrogens (tertiary/aromatic N) is 2. The van der Waals surface area contributed by atoms with E-state index in [9.17, 15) is 4.79 Å². The van der Waals surface area contributed by atoms with Crippen molar-refractivity contribution in [3.63, 3.8) is 0 Å². The molecule has 1 aromatic heterocycles. The number of anilines is 1. The van der Waals surface area contributed by atoms with Gasteiger partial charge >= 0.3 is 6.09 Å².